The van der Waals surface area contributed by atoms with Gasteiger partial charge >= 0.3 is 0 Å². The van der Waals surface area contributed by atoms with Gasteiger partial charge in [0.1, 0.15) is 47.0 Å². The third kappa shape index (κ3) is 4.27. The Morgan fingerprint density at radius 2 is 2.16 bits per heavy atom. The van der Waals surface area contributed by atoms with Crippen LogP contribution in [0.4, 0.5) is 5.13 Å². The summed E-state index contributed by atoms with van der Waals surface area (Å²) < 4.78 is 4.15. The summed E-state index contributed by atoms with van der Waals surface area (Å²) in [5.41, 5.74) is 7.82. The highest BCUT2D eigenvalue weighted by Gasteiger charge is 2.53. The second-order valence-electron chi connectivity index (χ2n) is 8.63. The number of nitrogens with zero attached hydrogens (tertiary/aromatic N) is 5. The van der Waals surface area contributed by atoms with Gasteiger partial charge in [0.2, 0.25) is 0 Å². The van der Waals surface area contributed by atoms with Crippen molar-refractivity contribution in [2.45, 2.75) is 31.8 Å². The van der Waals surface area contributed by atoms with E-state index in [2.05, 4.69) is 19.9 Å². The SMILES string of the molecule is CO/N=C(\C(=O)N[C@@H]1C(=O)N2C(C(=O)[O-])=C(C[n+]3cc4cccc(C)n4c3C)CS[C@H]12)c1nc(N)sc1Cl. The predicted octanol–water partition coefficient (Wildman–Crippen LogP) is -0.00966. The van der Waals surface area contributed by atoms with Gasteiger partial charge in [0.25, 0.3) is 17.6 Å². The van der Waals surface area contributed by atoms with Gasteiger partial charge in [0.15, 0.2) is 16.4 Å². The number of carbonyl (C=O) groups is 3. The summed E-state index contributed by atoms with van der Waals surface area (Å²) in [5.74, 6) is -1.54. The molecular formula is C23H22ClN7O5S2. The minimum Gasteiger partial charge on any atom is -0.543 e. The maximum Gasteiger partial charge on any atom is 0.276 e. The van der Waals surface area contributed by atoms with E-state index in [1.165, 1.54) is 23.8 Å². The van der Waals surface area contributed by atoms with Crippen LogP contribution in [0, 0.1) is 13.8 Å². The number of imidazole rings is 1. The largest absolute Gasteiger partial charge is 0.543 e. The number of aromatic nitrogens is 3. The molecule has 3 N–H and O–H groups in total. The number of carboxylic acid groups (broad SMARTS) is 1. The van der Waals surface area contributed by atoms with Crippen molar-refractivity contribution in [3.8, 4) is 0 Å². The smallest absolute Gasteiger partial charge is 0.276 e. The Morgan fingerprint density at radius 1 is 1.39 bits per heavy atom. The number of anilines is 1. The summed E-state index contributed by atoms with van der Waals surface area (Å²) in [7, 11) is 1.25. The maximum absolute atomic E-state index is 13.1. The molecule has 0 bridgehead atoms. The number of rotatable bonds is 7. The Kier molecular flexibility index (Phi) is 6.79. The quantitative estimate of drug-likeness (QED) is 0.172. The highest BCUT2D eigenvalue weighted by Crippen LogP contribution is 2.40. The molecule has 3 aromatic heterocycles. The molecule has 198 valence electrons. The molecular weight excluding hydrogens is 554 g/mol. The molecule has 1 fully saturated rings. The molecule has 0 aromatic carbocycles. The van der Waals surface area contributed by atoms with Crippen LogP contribution in [0.1, 0.15) is 17.2 Å². The van der Waals surface area contributed by atoms with E-state index < -0.39 is 29.2 Å². The highest BCUT2D eigenvalue weighted by molar-refractivity contribution is 8.00. The Bertz CT molecular complexity index is 1560. The summed E-state index contributed by atoms with van der Waals surface area (Å²) in [6.07, 6.45) is 1.94. The van der Waals surface area contributed by atoms with Gasteiger partial charge in [-0.3, -0.25) is 14.5 Å². The predicted molar refractivity (Wildman–Crippen MR) is 139 cm³/mol. The standard InChI is InChI=1S/C23H22ClN7O5S2/c1-10-5-4-6-13-8-29(11(2)30(10)13)7-12-9-37-21-16(20(33)31(21)17(12)22(34)35)26-19(32)15(28-36-3)14-18(24)38-23(25)27-14/h4-6,8,16,21H,7,9H2,1-3H3,(H3-,25,26,27,32,34,35)/b28-15-/t16-,21-/m1/s1. The Balaban J connectivity index is 1.39. The summed E-state index contributed by atoms with van der Waals surface area (Å²) in [6.45, 7) is 4.20. The lowest BCUT2D eigenvalue weighted by atomic mass is 10.0. The molecule has 12 nitrogen and oxygen atoms in total. The van der Waals surface area contributed by atoms with E-state index in [9.17, 15) is 19.5 Å². The Labute approximate surface area is 229 Å². The van der Waals surface area contributed by atoms with Gasteiger partial charge in [-0.05, 0) is 19.1 Å². The number of hydrogen-bond donors (Lipinski definition) is 2. The average Bonchev–Trinajstić information content (AvgIpc) is 3.38. The van der Waals surface area contributed by atoms with Gasteiger partial charge in [0.05, 0.1) is 11.7 Å². The number of thioether (sulfide) groups is 1. The number of thiazole rings is 1. The molecule has 0 aliphatic carbocycles. The van der Waals surface area contributed by atoms with Gasteiger partial charge in [-0.15, -0.1) is 11.8 Å². The van der Waals surface area contributed by atoms with Crippen LogP contribution in [-0.2, 0) is 25.8 Å². The van der Waals surface area contributed by atoms with Crippen LogP contribution in [0.2, 0.25) is 4.34 Å². The zero-order valence-electron chi connectivity index (χ0n) is 20.4. The molecule has 0 radical (unpaired) electrons. The number of hydrogen-bond acceptors (Lipinski definition) is 10. The zero-order valence-corrected chi connectivity index (χ0v) is 22.8. The van der Waals surface area contributed by atoms with Gasteiger partial charge < -0.3 is 25.8 Å². The third-order valence-corrected chi connectivity index (χ3v) is 8.78. The minimum atomic E-state index is -1.45. The number of β-lactam (4-membered cyclic amide) rings is 1. The molecule has 2 atom stereocenters. The first-order valence-corrected chi connectivity index (χ1v) is 13.6. The van der Waals surface area contributed by atoms with E-state index in [0.717, 1.165) is 28.4 Å². The van der Waals surface area contributed by atoms with Crippen molar-refractivity contribution in [2.75, 3.05) is 18.6 Å². The normalized spacial score (nSPS) is 19.4. The van der Waals surface area contributed by atoms with E-state index in [0.29, 0.717) is 11.3 Å². The number of carbonyl (C=O) groups excluding carboxylic acids is 3. The molecule has 2 aliphatic rings. The van der Waals surface area contributed by atoms with Crippen LogP contribution >= 0.6 is 34.7 Å². The minimum absolute atomic E-state index is 0.0219. The maximum atomic E-state index is 13.1. The fourth-order valence-electron chi connectivity index (χ4n) is 4.68. The summed E-state index contributed by atoms with van der Waals surface area (Å²) in [5, 5.41) is 18.0. The number of oxime groups is 1. The molecule has 5 rings (SSSR count). The van der Waals surface area contributed by atoms with Gasteiger partial charge in [0, 0.05) is 18.2 Å². The summed E-state index contributed by atoms with van der Waals surface area (Å²) in [4.78, 5) is 48.3. The molecule has 1 saturated heterocycles. The van der Waals surface area contributed by atoms with Crippen molar-refractivity contribution in [1.29, 1.82) is 0 Å². The van der Waals surface area contributed by atoms with E-state index in [4.69, 9.17) is 22.2 Å². The van der Waals surface area contributed by atoms with Crippen LogP contribution in [0.15, 0.2) is 40.8 Å². The topological polar surface area (TPSA) is 158 Å². The first-order chi connectivity index (χ1) is 18.1. The number of nitrogens with two attached hydrogens (primary N) is 1. The van der Waals surface area contributed by atoms with Crippen molar-refractivity contribution in [3.63, 3.8) is 0 Å². The van der Waals surface area contributed by atoms with Crippen molar-refractivity contribution < 1.29 is 28.9 Å². The van der Waals surface area contributed by atoms with Crippen LogP contribution in [0.25, 0.3) is 5.52 Å². The number of pyridine rings is 1. The first-order valence-electron chi connectivity index (χ1n) is 11.3. The number of nitrogen functional groups attached to an aromatic ring is 1. The number of aryl methyl sites for hydroxylation is 2. The van der Waals surface area contributed by atoms with E-state index in [1.54, 1.807) is 0 Å². The molecule has 0 spiro atoms. The molecule has 2 amide bonds. The fraction of sp³-hybridized carbons (Fsp3) is 0.304. The van der Waals surface area contributed by atoms with Crippen LogP contribution in [-0.4, -0.2) is 62.1 Å². The summed E-state index contributed by atoms with van der Waals surface area (Å²) >= 11 is 8.43. The van der Waals surface area contributed by atoms with Gasteiger partial charge in [-0.25, -0.2) is 9.55 Å². The van der Waals surface area contributed by atoms with E-state index in [-0.39, 0.29) is 33.1 Å². The van der Waals surface area contributed by atoms with Crippen molar-refractivity contribution in [3.05, 3.63) is 57.2 Å². The van der Waals surface area contributed by atoms with Crippen molar-refractivity contribution >= 4 is 68.8 Å². The third-order valence-electron chi connectivity index (χ3n) is 6.36. The lowest BCUT2D eigenvalue weighted by molar-refractivity contribution is -0.693. The van der Waals surface area contributed by atoms with Gasteiger partial charge in [-0.2, -0.15) is 4.40 Å². The van der Waals surface area contributed by atoms with Crippen molar-refractivity contribution in [1.82, 2.24) is 19.6 Å². The van der Waals surface area contributed by atoms with Crippen LogP contribution < -0.4 is 20.7 Å². The first kappa shape index (κ1) is 26.0. The molecule has 5 heterocycles. The Morgan fingerprint density at radius 3 is 2.79 bits per heavy atom. The molecule has 38 heavy (non-hydrogen) atoms. The lowest BCUT2D eigenvalue weighted by Crippen LogP contribution is -2.71. The molecule has 2 aliphatic heterocycles. The number of amides is 2. The zero-order chi connectivity index (χ0) is 27.3. The number of halogens is 1. The van der Waals surface area contributed by atoms with Crippen LogP contribution in [0.3, 0.4) is 0 Å². The highest BCUT2D eigenvalue weighted by atomic mass is 35.5. The second kappa shape index (κ2) is 9.93. The number of fused-ring (bicyclic) bond motifs is 2. The number of carboxylic acids is 1. The Hall–Kier alpha value is -3.62. The monoisotopic (exact) mass is 575 g/mol. The van der Waals surface area contributed by atoms with Crippen LogP contribution in [0.5, 0.6) is 0 Å². The molecule has 3 aromatic rings. The molecule has 0 unspecified atom stereocenters. The average molecular weight is 576 g/mol. The van der Waals surface area contributed by atoms with E-state index >= 15 is 0 Å². The number of nitrogens with one attached hydrogen (secondary N) is 1. The lowest BCUT2D eigenvalue weighted by Gasteiger charge is -2.50. The van der Waals surface area contributed by atoms with Crippen molar-refractivity contribution in [2.24, 2.45) is 5.16 Å². The number of aliphatic carboxylic acids is 1. The fourth-order valence-corrected chi connectivity index (χ4v) is 6.94. The molecule has 0 saturated carbocycles. The molecule has 15 heteroatoms. The summed E-state index contributed by atoms with van der Waals surface area (Å²) in [6, 6.07) is 4.92. The second-order valence-corrected chi connectivity index (χ2v) is 11.4. The van der Waals surface area contributed by atoms with Gasteiger partial charge in [-0.1, -0.05) is 34.2 Å². The van der Waals surface area contributed by atoms with E-state index in [1.807, 2.05) is 42.8 Å².